The number of carbonyl (C=O) groups is 2. The molecule has 0 aliphatic carbocycles. The van der Waals surface area contributed by atoms with E-state index in [0.29, 0.717) is 16.1 Å². The summed E-state index contributed by atoms with van der Waals surface area (Å²) in [5.74, 6) is -0.470. The molecule has 102 valence electrons. The van der Waals surface area contributed by atoms with Gasteiger partial charge in [-0.3, -0.25) is 9.59 Å². The predicted molar refractivity (Wildman–Crippen MR) is 83.6 cm³/mol. The summed E-state index contributed by atoms with van der Waals surface area (Å²) in [5.41, 5.74) is 1.98. The summed E-state index contributed by atoms with van der Waals surface area (Å²) in [6, 6.07) is 12.2. The highest BCUT2D eigenvalue weighted by molar-refractivity contribution is 9.10. The first-order chi connectivity index (χ1) is 9.47. The summed E-state index contributed by atoms with van der Waals surface area (Å²) in [6.07, 6.45) is -0.176. The van der Waals surface area contributed by atoms with E-state index in [1.54, 1.807) is 30.3 Å². The summed E-state index contributed by atoms with van der Waals surface area (Å²) in [7, 11) is 0. The van der Waals surface area contributed by atoms with Crippen LogP contribution in [0.4, 0.5) is 0 Å². The Labute approximate surface area is 130 Å². The van der Waals surface area contributed by atoms with Crippen LogP contribution in [0.25, 0.3) is 0 Å². The third-order valence-corrected chi connectivity index (χ3v) is 3.73. The van der Waals surface area contributed by atoms with Gasteiger partial charge in [-0.05, 0) is 25.1 Å². The van der Waals surface area contributed by atoms with E-state index in [0.717, 1.165) is 10.0 Å². The van der Waals surface area contributed by atoms with Crippen LogP contribution in [0, 0.1) is 6.92 Å². The van der Waals surface area contributed by atoms with Crippen LogP contribution in [0.15, 0.2) is 46.9 Å². The lowest BCUT2D eigenvalue weighted by atomic mass is 10.0. The molecule has 0 spiro atoms. The Bertz CT molecular complexity index is 663. The first-order valence-corrected chi connectivity index (χ1v) is 7.22. The van der Waals surface area contributed by atoms with Gasteiger partial charge in [0.2, 0.25) is 0 Å². The second-order valence-electron chi connectivity index (χ2n) is 4.51. The van der Waals surface area contributed by atoms with Crippen molar-refractivity contribution in [3.63, 3.8) is 0 Å². The van der Waals surface area contributed by atoms with Crippen molar-refractivity contribution in [3.05, 3.63) is 68.7 Å². The van der Waals surface area contributed by atoms with Crippen molar-refractivity contribution in [2.45, 2.75) is 13.3 Å². The number of hydrogen-bond donors (Lipinski definition) is 0. The molecule has 2 rings (SSSR count). The number of hydrogen-bond acceptors (Lipinski definition) is 2. The van der Waals surface area contributed by atoms with Crippen molar-refractivity contribution in [1.82, 2.24) is 0 Å². The van der Waals surface area contributed by atoms with Crippen LogP contribution >= 0.6 is 27.5 Å². The SMILES string of the molecule is Cc1ccc(C(=O)CC(=O)c2ccc(Br)cc2Cl)cc1. The molecule has 0 amide bonds. The van der Waals surface area contributed by atoms with Gasteiger partial charge >= 0.3 is 0 Å². The molecule has 0 aliphatic rings. The number of Topliss-reactive ketones (excluding diaryl/α,β-unsaturated/α-hetero) is 2. The highest BCUT2D eigenvalue weighted by Gasteiger charge is 2.16. The molecule has 0 bridgehead atoms. The fraction of sp³-hybridized carbons (Fsp3) is 0.125. The maximum absolute atomic E-state index is 12.1. The van der Waals surface area contributed by atoms with Gasteiger partial charge in [-0.1, -0.05) is 57.4 Å². The van der Waals surface area contributed by atoms with E-state index in [4.69, 9.17) is 11.6 Å². The van der Waals surface area contributed by atoms with Crippen molar-refractivity contribution in [2.24, 2.45) is 0 Å². The van der Waals surface area contributed by atoms with E-state index < -0.39 is 0 Å². The van der Waals surface area contributed by atoms with Gasteiger partial charge in [0.1, 0.15) is 0 Å². The molecule has 2 aromatic carbocycles. The zero-order valence-corrected chi connectivity index (χ0v) is 13.2. The minimum atomic E-state index is -0.270. The van der Waals surface area contributed by atoms with E-state index in [1.807, 2.05) is 19.1 Å². The lowest BCUT2D eigenvalue weighted by Crippen LogP contribution is -2.09. The summed E-state index contributed by atoms with van der Waals surface area (Å²) in [4.78, 5) is 24.2. The summed E-state index contributed by atoms with van der Waals surface area (Å²) in [5, 5.41) is 0.348. The molecule has 0 heterocycles. The normalized spacial score (nSPS) is 10.3. The molecule has 0 aromatic heterocycles. The van der Waals surface area contributed by atoms with Crippen LogP contribution in [0.5, 0.6) is 0 Å². The Morgan fingerprint density at radius 1 is 1.05 bits per heavy atom. The topological polar surface area (TPSA) is 34.1 Å². The third-order valence-electron chi connectivity index (χ3n) is 2.93. The molecule has 0 aliphatic heterocycles. The lowest BCUT2D eigenvalue weighted by Gasteiger charge is -2.04. The zero-order valence-electron chi connectivity index (χ0n) is 10.8. The van der Waals surface area contributed by atoms with E-state index >= 15 is 0 Å². The molecule has 0 fully saturated rings. The molecule has 0 radical (unpaired) electrons. The van der Waals surface area contributed by atoms with E-state index in [2.05, 4.69) is 15.9 Å². The van der Waals surface area contributed by atoms with Crippen LogP contribution in [-0.2, 0) is 0 Å². The highest BCUT2D eigenvalue weighted by Crippen LogP contribution is 2.23. The molecule has 0 saturated carbocycles. The Morgan fingerprint density at radius 3 is 2.30 bits per heavy atom. The molecular weight excluding hydrogens is 340 g/mol. The Balaban J connectivity index is 2.15. The molecule has 2 aromatic rings. The van der Waals surface area contributed by atoms with Crippen molar-refractivity contribution in [2.75, 3.05) is 0 Å². The van der Waals surface area contributed by atoms with Crippen molar-refractivity contribution in [1.29, 1.82) is 0 Å². The molecule has 0 atom stereocenters. The second-order valence-corrected chi connectivity index (χ2v) is 5.84. The summed E-state index contributed by atoms with van der Waals surface area (Å²) in [6.45, 7) is 1.95. The minimum Gasteiger partial charge on any atom is -0.294 e. The summed E-state index contributed by atoms with van der Waals surface area (Å²) < 4.78 is 0.795. The molecule has 2 nitrogen and oxygen atoms in total. The van der Waals surface area contributed by atoms with E-state index in [-0.39, 0.29) is 18.0 Å². The van der Waals surface area contributed by atoms with Gasteiger partial charge in [0.25, 0.3) is 0 Å². The van der Waals surface area contributed by atoms with Gasteiger partial charge in [0, 0.05) is 15.6 Å². The molecule has 0 unspecified atom stereocenters. The van der Waals surface area contributed by atoms with E-state index in [1.165, 1.54) is 0 Å². The van der Waals surface area contributed by atoms with Crippen LogP contribution in [-0.4, -0.2) is 11.6 Å². The van der Waals surface area contributed by atoms with Gasteiger partial charge in [-0.15, -0.1) is 0 Å². The fourth-order valence-corrected chi connectivity index (χ4v) is 2.58. The number of carbonyl (C=O) groups excluding carboxylic acids is 2. The number of halogens is 2. The molecule has 20 heavy (non-hydrogen) atoms. The largest absolute Gasteiger partial charge is 0.294 e. The van der Waals surface area contributed by atoms with Gasteiger partial charge in [0.15, 0.2) is 11.6 Å². The fourth-order valence-electron chi connectivity index (χ4n) is 1.80. The third kappa shape index (κ3) is 3.56. The van der Waals surface area contributed by atoms with E-state index in [9.17, 15) is 9.59 Å². The van der Waals surface area contributed by atoms with Gasteiger partial charge < -0.3 is 0 Å². The quantitative estimate of drug-likeness (QED) is 0.582. The molecule has 0 saturated heterocycles. The maximum atomic E-state index is 12.1. The van der Waals surface area contributed by atoms with Crippen molar-refractivity contribution in [3.8, 4) is 0 Å². The zero-order chi connectivity index (χ0) is 14.7. The molecular formula is C16H12BrClO2. The standard InChI is InChI=1S/C16H12BrClO2/c1-10-2-4-11(5-3-10)15(19)9-16(20)13-7-6-12(17)8-14(13)18/h2-8H,9H2,1H3. The van der Waals surface area contributed by atoms with Crippen molar-refractivity contribution < 1.29 is 9.59 Å². The van der Waals surface area contributed by atoms with Crippen molar-refractivity contribution >= 4 is 39.1 Å². The van der Waals surface area contributed by atoms with Gasteiger partial charge in [0.05, 0.1) is 11.4 Å². The number of aryl methyl sites for hydroxylation is 1. The van der Waals surface area contributed by atoms with Crippen LogP contribution in [0.2, 0.25) is 5.02 Å². The summed E-state index contributed by atoms with van der Waals surface area (Å²) >= 11 is 9.29. The molecule has 4 heteroatoms. The smallest absolute Gasteiger partial charge is 0.172 e. The van der Waals surface area contributed by atoms with Gasteiger partial charge in [-0.25, -0.2) is 0 Å². The Morgan fingerprint density at radius 2 is 1.70 bits per heavy atom. The Kier molecular flexibility index (Phi) is 4.73. The Hall–Kier alpha value is -1.45. The monoisotopic (exact) mass is 350 g/mol. The number of benzene rings is 2. The first kappa shape index (κ1) is 14.9. The van der Waals surface area contributed by atoms with Crippen LogP contribution in [0.1, 0.15) is 32.7 Å². The maximum Gasteiger partial charge on any atom is 0.172 e. The lowest BCUT2D eigenvalue weighted by molar-refractivity contribution is 0.0894. The number of ketones is 2. The molecule has 0 N–H and O–H groups in total. The number of rotatable bonds is 4. The van der Waals surface area contributed by atoms with Crippen LogP contribution in [0.3, 0.4) is 0 Å². The average molecular weight is 352 g/mol. The first-order valence-electron chi connectivity index (χ1n) is 6.05. The second kappa shape index (κ2) is 6.33. The average Bonchev–Trinajstić information content (AvgIpc) is 2.39. The van der Waals surface area contributed by atoms with Crippen LogP contribution < -0.4 is 0 Å². The predicted octanol–water partition coefficient (Wildman–Crippen LogP) is 4.87. The highest BCUT2D eigenvalue weighted by atomic mass is 79.9. The minimum absolute atomic E-state index is 0.176. The van der Waals surface area contributed by atoms with Gasteiger partial charge in [-0.2, -0.15) is 0 Å².